The van der Waals surface area contributed by atoms with Crippen LogP contribution in [0.15, 0.2) is 71.7 Å². The van der Waals surface area contributed by atoms with E-state index in [1.54, 1.807) is 6.07 Å². The number of allylic oxidation sites excluding steroid dienone is 1. The molecule has 0 aliphatic carbocycles. The molecule has 0 spiro atoms. The van der Waals surface area contributed by atoms with E-state index in [1.165, 1.54) is 29.1 Å². The van der Waals surface area contributed by atoms with Gasteiger partial charge in [-0.1, -0.05) is 18.2 Å². The molecule has 3 heterocycles. The van der Waals surface area contributed by atoms with Gasteiger partial charge in [-0.05, 0) is 49.2 Å². The zero-order valence-corrected chi connectivity index (χ0v) is 17.9. The molecule has 2 fully saturated rings. The Morgan fingerprint density at radius 2 is 1.88 bits per heavy atom. The molecular weight excluding hydrogens is 421 g/mol. The molecule has 2 bridgehead atoms. The molecule has 2 aliphatic rings. The Bertz CT molecular complexity index is 1240. The molecule has 7 nitrogen and oxygen atoms in total. The van der Waals surface area contributed by atoms with Crippen molar-refractivity contribution in [1.82, 2.24) is 9.78 Å². The van der Waals surface area contributed by atoms with Gasteiger partial charge in [-0.2, -0.15) is 5.10 Å². The third kappa shape index (κ3) is 4.17. The number of halogens is 1. The molecule has 0 radical (unpaired) electrons. The third-order valence-corrected chi connectivity index (χ3v) is 6.08. The molecule has 2 aliphatic heterocycles. The van der Waals surface area contributed by atoms with Gasteiger partial charge in [-0.15, -0.1) is 0 Å². The first-order valence-corrected chi connectivity index (χ1v) is 10.9. The smallest absolute Gasteiger partial charge is 0.209 e. The van der Waals surface area contributed by atoms with E-state index in [2.05, 4.69) is 15.3 Å². The summed E-state index contributed by atoms with van der Waals surface area (Å²) in [7, 11) is 0. The number of morpholine rings is 1. The normalized spacial score (nSPS) is 20.0. The predicted molar refractivity (Wildman–Crippen MR) is 127 cm³/mol. The molecule has 168 valence electrons. The van der Waals surface area contributed by atoms with E-state index in [0.29, 0.717) is 18.9 Å². The molecule has 2 atom stereocenters. The molecule has 2 saturated heterocycles. The number of hydrogen-bond acceptors (Lipinski definition) is 6. The lowest BCUT2D eigenvalue weighted by molar-refractivity contribution is 0.0906. The molecule has 1 aromatic heterocycles. The first kappa shape index (κ1) is 21.1. The quantitative estimate of drug-likeness (QED) is 0.564. The Labute approximate surface area is 190 Å². The van der Waals surface area contributed by atoms with Gasteiger partial charge in [0.15, 0.2) is 11.5 Å². The first-order valence-electron chi connectivity index (χ1n) is 10.9. The minimum atomic E-state index is -0.422. The van der Waals surface area contributed by atoms with Gasteiger partial charge in [-0.3, -0.25) is 4.79 Å². The maximum Gasteiger partial charge on any atom is 0.209 e. The highest BCUT2D eigenvalue weighted by molar-refractivity contribution is 5.86. The minimum absolute atomic E-state index is 0.0968. The van der Waals surface area contributed by atoms with Crippen LogP contribution in [0.2, 0.25) is 0 Å². The van der Waals surface area contributed by atoms with Crippen molar-refractivity contribution < 1.29 is 9.13 Å². The maximum atomic E-state index is 15.2. The number of para-hydroxylation sites is 1. The fourth-order valence-corrected chi connectivity index (χ4v) is 4.56. The van der Waals surface area contributed by atoms with Crippen molar-refractivity contribution in [2.75, 3.05) is 23.4 Å². The summed E-state index contributed by atoms with van der Waals surface area (Å²) in [5.41, 5.74) is 1.96. The van der Waals surface area contributed by atoms with Gasteiger partial charge < -0.3 is 20.4 Å². The van der Waals surface area contributed by atoms with E-state index in [0.717, 1.165) is 30.4 Å². The second-order valence-corrected chi connectivity index (χ2v) is 8.18. The van der Waals surface area contributed by atoms with Crippen molar-refractivity contribution in [3.8, 4) is 5.69 Å². The van der Waals surface area contributed by atoms with E-state index in [1.807, 2.05) is 36.4 Å². The van der Waals surface area contributed by atoms with Gasteiger partial charge in [0.05, 0.1) is 31.0 Å². The van der Waals surface area contributed by atoms with Gasteiger partial charge in [0.25, 0.3) is 0 Å². The van der Waals surface area contributed by atoms with Crippen molar-refractivity contribution in [2.24, 2.45) is 0 Å². The SMILES string of the molecule is N=C/C=C(\Nc1ccccc1)c1nn(-c2ccc(N3C4CCC3COC4)cc2F)ccc1=O. The van der Waals surface area contributed by atoms with Crippen molar-refractivity contribution >= 4 is 23.3 Å². The molecule has 3 aromatic rings. The Morgan fingerprint density at radius 3 is 2.58 bits per heavy atom. The van der Waals surface area contributed by atoms with Crippen LogP contribution in [0.5, 0.6) is 0 Å². The van der Waals surface area contributed by atoms with Crippen LogP contribution in [0.4, 0.5) is 15.8 Å². The zero-order chi connectivity index (χ0) is 22.8. The lowest BCUT2D eigenvalue weighted by Crippen LogP contribution is -2.45. The number of aromatic nitrogens is 2. The Kier molecular flexibility index (Phi) is 5.75. The highest BCUT2D eigenvalue weighted by Crippen LogP contribution is 2.35. The third-order valence-electron chi connectivity index (χ3n) is 6.08. The summed E-state index contributed by atoms with van der Waals surface area (Å²) in [5.74, 6) is -0.422. The van der Waals surface area contributed by atoms with E-state index >= 15 is 4.39 Å². The average molecular weight is 445 g/mol. The van der Waals surface area contributed by atoms with Crippen LogP contribution in [0.3, 0.4) is 0 Å². The standard InChI is InChI=1S/C25H24FN5O2/c26-21-14-18(31-19-6-7-20(31)16-33-15-19)8-9-23(21)30-13-11-24(32)25(29-30)22(10-12-27)28-17-4-2-1-3-5-17/h1-5,8-14,19-20,27-28H,6-7,15-16H2/b22-10-,27-12?. The molecule has 5 rings (SSSR count). The van der Waals surface area contributed by atoms with E-state index in [4.69, 9.17) is 10.1 Å². The van der Waals surface area contributed by atoms with Crippen LogP contribution >= 0.6 is 0 Å². The maximum absolute atomic E-state index is 15.2. The average Bonchev–Trinajstić information content (AvgIpc) is 3.08. The molecule has 33 heavy (non-hydrogen) atoms. The fourth-order valence-electron chi connectivity index (χ4n) is 4.56. The summed E-state index contributed by atoms with van der Waals surface area (Å²) in [5, 5.41) is 15.0. The van der Waals surface area contributed by atoms with Crippen LogP contribution in [-0.4, -0.2) is 41.3 Å². The van der Waals surface area contributed by atoms with E-state index in [9.17, 15) is 4.79 Å². The highest BCUT2D eigenvalue weighted by Gasteiger charge is 2.37. The molecule has 0 amide bonds. The zero-order valence-electron chi connectivity index (χ0n) is 17.9. The van der Waals surface area contributed by atoms with Crippen LogP contribution in [0.25, 0.3) is 11.4 Å². The number of anilines is 2. The van der Waals surface area contributed by atoms with Gasteiger partial charge in [0, 0.05) is 29.9 Å². The second-order valence-electron chi connectivity index (χ2n) is 8.18. The first-order chi connectivity index (χ1) is 16.1. The number of hydrogen-bond donors (Lipinski definition) is 2. The molecule has 2 N–H and O–H groups in total. The Balaban J connectivity index is 1.48. The number of ether oxygens (including phenoxy) is 1. The number of nitrogens with one attached hydrogen (secondary N) is 2. The number of benzene rings is 2. The number of rotatable bonds is 6. The topological polar surface area (TPSA) is 83.2 Å². The van der Waals surface area contributed by atoms with Gasteiger partial charge in [0.1, 0.15) is 5.69 Å². The van der Waals surface area contributed by atoms with Crippen molar-refractivity contribution in [1.29, 1.82) is 5.41 Å². The summed E-state index contributed by atoms with van der Waals surface area (Å²) in [6.45, 7) is 1.34. The van der Waals surface area contributed by atoms with Crippen LogP contribution < -0.4 is 15.6 Å². The van der Waals surface area contributed by atoms with Gasteiger partial charge in [0.2, 0.25) is 5.43 Å². The second kappa shape index (κ2) is 8.99. The van der Waals surface area contributed by atoms with Gasteiger partial charge >= 0.3 is 0 Å². The lowest BCUT2D eigenvalue weighted by Gasteiger charge is -2.36. The summed E-state index contributed by atoms with van der Waals surface area (Å²) in [6, 6.07) is 16.3. The predicted octanol–water partition coefficient (Wildman–Crippen LogP) is 3.84. The van der Waals surface area contributed by atoms with Gasteiger partial charge in [-0.25, -0.2) is 9.07 Å². The molecular formula is C25H24FN5O2. The molecule has 2 aromatic carbocycles. The Hall–Kier alpha value is -3.78. The summed E-state index contributed by atoms with van der Waals surface area (Å²) in [4.78, 5) is 14.8. The largest absolute Gasteiger partial charge is 0.377 e. The van der Waals surface area contributed by atoms with E-state index < -0.39 is 5.82 Å². The highest BCUT2D eigenvalue weighted by atomic mass is 19.1. The summed E-state index contributed by atoms with van der Waals surface area (Å²) in [6.07, 6.45) is 6.09. The van der Waals surface area contributed by atoms with Crippen molar-refractivity contribution in [3.63, 3.8) is 0 Å². The van der Waals surface area contributed by atoms with Crippen molar-refractivity contribution in [2.45, 2.75) is 24.9 Å². The lowest BCUT2D eigenvalue weighted by atomic mass is 10.2. The minimum Gasteiger partial charge on any atom is -0.377 e. The van der Waals surface area contributed by atoms with Crippen LogP contribution in [0, 0.1) is 11.2 Å². The van der Waals surface area contributed by atoms with E-state index in [-0.39, 0.29) is 28.9 Å². The van der Waals surface area contributed by atoms with Crippen LogP contribution in [0.1, 0.15) is 18.5 Å². The summed E-state index contributed by atoms with van der Waals surface area (Å²) < 4.78 is 22.2. The molecule has 2 unspecified atom stereocenters. The Morgan fingerprint density at radius 1 is 1.12 bits per heavy atom. The fraction of sp³-hybridized carbons (Fsp3) is 0.240. The van der Waals surface area contributed by atoms with Crippen molar-refractivity contribution in [3.05, 3.63) is 88.6 Å². The molecule has 8 heteroatoms. The summed E-state index contributed by atoms with van der Waals surface area (Å²) >= 11 is 0. The molecule has 0 saturated carbocycles. The monoisotopic (exact) mass is 445 g/mol. The number of nitrogens with zero attached hydrogens (tertiary/aromatic N) is 3. The number of fused-ring (bicyclic) bond motifs is 2. The van der Waals surface area contributed by atoms with Crippen LogP contribution in [-0.2, 0) is 4.74 Å².